The predicted molar refractivity (Wildman–Crippen MR) is 55.0 cm³/mol. The zero-order valence-corrected chi connectivity index (χ0v) is 11.2. The second-order valence-corrected chi connectivity index (χ2v) is 6.02. The molecule has 0 saturated carbocycles. The van der Waals surface area contributed by atoms with Crippen LogP contribution >= 0.6 is 22.6 Å². The van der Waals surface area contributed by atoms with Gasteiger partial charge in [0.15, 0.2) is 0 Å². The summed E-state index contributed by atoms with van der Waals surface area (Å²) in [4.78, 5) is 11.0. The Labute approximate surface area is 111 Å². The van der Waals surface area contributed by atoms with E-state index in [2.05, 4.69) is 4.74 Å². The van der Waals surface area contributed by atoms with Gasteiger partial charge < -0.3 is 4.74 Å². The second-order valence-electron chi connectivity index (χ2n) is 3.64. The minimum absolute atomic E-state index is 0.778. The number of halogens is 8. The van der Waals surface area contributed by atoms with E-state index in [1.807, 2.05) is 0 Å². The smallest absolute Gasteiger partial charge is 0.459 e. The van der Waals surface area contributed by atoms with Crippen molar-refractivity contribution in [1.82, 2.24) is 0 Å². The lowest BCUT2D eigenvalue weighted by atomic mass is 9.98. The van der Waals surface area contributed by atoms with Crippen LogP contribution in [0.25, 0.3) is 0 Å². The van der Waals surface area contributed by atoms with Crippen molar-refractivity contribution in [3.05, 3.63) is 0 Å². The SMILES string of the molecule is COC(=O)C(C)(I)CC(F)(F)C(F)(F)C(F)(F)F. The summed E-state index contributed by atoms with van der Waals surface area (Å²) in [5.41, 5.74) is 0. The molecule has 0 heterocycles. The van der Waals surface area contributed by atoms with Gasteiger partial charge in [0.25, 0.3) is 0 Å². The molecule has 18 heavy (non-hydrogen) atoms. The van der Waals surface area contributed by atoms with Crippen molar-refractivity contribution in [2.45, 2.75) is 34.8 Å². The minimum atomic E-state index is -6.40. The summed E-state index contributed by atoms with van der Waals surface area (Å²) < 4.78 is 88.5. The van der Waals surface area contributed by atoms with Crippen LogP contribution < -0.4 is 0 Å². The Kier molecular flexibility index (Phi) is 4.92. The molecule has 0 aromatic carbocycles. The summed E-state index contributed by atoms with van der Waals surface area (Å²) in [6, 6.07) is 0. The number of rotatable bonds is 4. The quantitative estimate of drug-likeness (QED) is 0.315. The highest BCUT2D eigenvalue weighted by atomic mass is 127. The van der Waals surface area contributed by atoms with E-state index in [9.17, 15) is 35.5 Å². The number of hydrogen-bond acceptors (Lipinski definition) is 2. The van der Waals surface area contributed by atoms with Gasteiger partial charge in [0.1, 0.15) is 3.42 Å². The molecule has 108 valence electrons. The summed E-state index contributed by atoms with van der Waals surface area (Å²) in [5, 5.41) is 0. The van der Waals surface area contributed by atoms with Crippen molar-refractivity contribution in [2.75, 3.05) is 7.11 Å². The first-order chi connectivity index (χ1) is 7.69. The van der Waals surface area contributed by atoms with Gasteiger partial charge in [0.2, 0.25) is 0 Å². The molecule has 1 atom stereocenters. The maximum Gasteiger partial charge on any atom is 0.459 e. The molecule has 0 amide bonds. The van der Waals surface area contributed by atoms with E-state index < -0.39 is 33.8 Å². The van der Waals surface area contributed by atoms with E-state index in [0.29, 0.717) is 0 Å². The number of hydrogen-bond donors (Lipinski definition) is 0. The van der Waals surface area contributed by atoms with Crippen LogP contribution in [0.2, 0.25) is 0 Å². The van der Waals surface area contributed by atoms with Crippen LogP contribution in [0, 0.1) is 0 Å². The van der Waals surface area contributed by atoms with Crippen molar-refractivity contribution < 1.29 is 40.3 Å². The first kappa shape index (κ1) is 17.7. The van der Waals surface area contributed by atoms with Crippen molar-refractivity contribution in [2.24, 2.45) is 0 Å². The highest BCUT2D eigenvalue weighted by Gasteiger charge is 2.73. The maximum atomic E-state index is 13.0. The molecule has 0 saturated heterocycles. The summed E-state index contributed by atoms with van der Waals surface area (Å²) in [6.45, 7) is 0.778. The molecule has 0 rings (SSSR count). The normalized spacial score (nSPS) is 17.2. The summed E-state index contributed by atoms with van der Waals surface area (Å²) >= 11 is 1.04. The zero-order valence-electron chi connectivity index (χ0n) is 9.05. The van der Waals surface area contributed by atoms with Gasteiger partial charge in [-0.1, -0.05) is 22.6 Å². The van der Waals surface area contributed by atoms with Gasteiger partial charge in [-0.3, -0.25) is 4.79 Å². The van der Waals surface area contributed by atoms with Gasteiger partial charge in [-0.2, -0.15) is 30.7 Å². The van der Waals surface area contributed by atoms with Gasteiger partial charge in [0.05, 0.1) is 7.11 Å². The van der Waals surface area contributed by atoms with Gasteiger partial charge in [-0.15, -0.1) is 0 Å². The van der Waals surface area contributed by atoms with E-state index in [4.69, 9.17) is 0 Å². The van der Waals surface area contributed by atoms with Crippen LogP contribution in [-0.2, 0) is 9.53 Å². The van der Waals surface area contributed by atoms with Crippen molar-refractivity contribution >= 4 is 28.6 Å². The highest BCUT2D eigenvalue weighted by molar-refractivity contribution is 14.1. The molecular formula is C8H8F7IO2. The lowest BCUT2D eigenvalue weighted by Crippen LogP contribution is -2.55. The monoisotopic (exact) mass is 396 g/mol. The third-order valence-corrected chi connectivity index (χ3v) is 2.80. The fourth-order valence-corrected chi connectivity index (χ4v) is 1.72. The highest BCUT2D eigenvalue weighted by Crippen LogP contribution is 2.50. The van der Waals surface area contributed by atoms with Crippen LogP contribution in [0.3, 0.4) is 0 Å². The van der Waals surface area contributed by atoms with Crippen LogP contribution in [0.1, 0.15) is 13.3 Å². The number of esters is 1. The summed E-state index contributed by atoms with van der Waals surface area (Å²) in [7, 11) is 0.805. The first-order valence-corrected chi connectivity index (χ1v) is 5.36. The second kappa shape index (κ2) is 5.00. The predicted octanol–water partition coefficient (Wildman–Crippen LogP) is 3.58. The number of carbonyl (C=O) groups is 1. The molecule has 0 bridgehead atoms. The number of alkyl halides is 8. The summed E-state index contributed by atoms with van der Waals surface area (Å²) in [5.74, 6) is -13.0. The number of ether oxygens (including phenoxy) is 1. The van der Waals surface area contributed by atoms with Gasteiger partial charge in [0, 0.05) is 6.42 Å². The first-order valence-electron chi connectivity index (χ1n) is 4.29. The average molecular weight is 396 g/mol. The van der Waals surface area contributed by atoms with Crippen LogP contribution in [0.4, 0.5) is 30.7 Å². The number of carbonyl (C=O) groups excluding carboxylic acids is 1. The molecular weight excluding hydrogens is 388 g/mol. The van der Waals surface area contributed by atoms with Crippen LogP contribution in [0.5, 0.6) is 0 Å². The van der Waals surface area contributed by atoms with E-state index in [1.165, 1.54) is 0 Å². The molecule has 10 heteroatoms. The van der Waals surface area contributed by atoms with Crippen molar-refractivity contribution in [3.63, 3.8) is 0 Å². The number of methoxy groups -OCH3 is 1. The molecule has 0 aliphatic heterocycles. The molecule has 0 aromatic rings. The zero-order chi connectivity index (χ0) is 15.0. The average Bonchev–Trinajstić information content (AvgIpc) is 2.12. The Hall–Kier alpha value is -0.290. The Morgan fingerprint density at radius 3 is 1.78 bits per heavy atom. The molecule has 1 unspecified atom stereocenters. The Balaban J connectivity index is 5.25. The van der Waals surface area contributed by atoms with Crippen molar-refractivity contribution in [3.8, 4) is 0 Å². The third kappa shape index (κ3) is 3.38. The van der Waals surface area contributed by atoms with Crippen LogP contribution in [-0.4, -0.2) is 34.5 Å². The van der Waals surface area contributed by atoms with E-state index in [1.54, 1.807) is 0 Å². The fourth-order valence-electron chi connectivity index (χ4n) is 1.02. The standard InChI is InChI=1S/C8H8F7IO2/c1-5(16,4(17)18-2)3-6(9,10)7(11,12)8(13,14)15/h3H2,1-2H3. The Bertz CT molecular complexity index is 324. The molecule has 0 radical (unpaired) electrons. The molecule has 0 aliphatic carbocycles. The lowest BCUT2D eigenvalue weighted by Gasteiger charge is -2.32. The van der Waals surface area contributed by atoms with Crippen molar-refractivity contribution in [1.29, 1.82) is 0 Å². The maximum absolute atomic E-state index is 13.0. The Morgan fingerprint density at radius 1 is 1.11 bits per heavy atom. The lowest BCUT2D eigenvalue weighted by molar-refractivity contribution is -0.356. The molecule has 0 aliphatic rings. The third-order valence-electron chi connectivity index (χ3n) is 1.98. The van der Waals surface area contributed by atoms with Gasteiger partial charge in [-0.25, -0.2) is 0 Å². The van der Waals surface area contributed by atoms with E-state index in [-0.39, 0.29) is 0 Å². The Morgan fingerprint density at radius 2 is 1.50 bits per heavy atom. The topological polar surface area (TPSA) is 26.3 Å². The molecule has 0 fully saturated rings. The minimum Gasteiger partial charge on any atom is -0.468 e. The van der Waals surface area contributed by atoms with Gasteiger partial charge >= 0.3 is 24.0 Å². The molecule has 0 N–H and O–H groups in total. The van der Waals surface area contributed by atoms with Crippen LogP contribution in [0.15, 0.2) is 0 Å². The molecule has 0 spiro atoms. The molecule has 0 aromatic heterocycles. The van der Waals surface area contributed by atoms with E-state index >= 15 is 0 Å². The summed E-state index contributed by atoms with van der Waals surface area (Å²) in [6.07, 6.45) is -8.40. The van der Waals surface area contributed by atoms with E-state index in [0.717, 1.165) is 36.6 Å². The largest absolute Gasteiger partial charge is 0.468 e. The fraction of sp³-hybridized carbons (Fsp3) is 0.875. The van der Waals surface area contributed by atoms with Gasteiger partial charge in [-0.05, 0) is 6.92 Å². The molecule has 2 nitrogen and oxygen atoms in total.